The highest BCUT2D eigenvalue weighted by atomic mass is 31.2. The Morgan fingerprint density at radius 2 is 0.477 bits per heavy atom. The van der Waals surface area contributed by atoms with E-state index in [1.807, 2.05) is 0 Å². The van der Waals surface area contributed by atoms with Crippen molar-refractivity contribution in [1.29, 1.82) is 0 Å². The maximum Gasteiger partial charge on any atom is 0.472 e. The van der Waals surface area contributed by atoms with Gasteiger partial charge in [-0.1, -0.05) is 346 Å². The van der Waals surface area contributed by atoms with Gasteiger partial charge in [-0.05, 0) is 148 Å². The van der Waals surface area contributed by atoms with Crippen molar-refractivity contribution in [3.05, 3.63) is 158 Å². The number of hydrogen-bond donors (Lipinski definition) is 4. The van der Waals surface area contributed by atoms with E-state index in [0.717, 1.165) is 167 Å². The predicted molar refractivity (Wildman–Crippen MR) is 463 cm³/mol. The molecule has 0 spiro atoms. The fourth-order valence-electron chi connectivity index (χ4n) is 11.6. The average molecular weight is 1590 g/mol. The van der Waals surface area contributed by atoms with Crippen LogP contribution in [0.3, 0.4) is 0 Å². The van der Waals surface area contributed by atoms with E-state index in [0.29, 0.717) is 19.3 Å². The lowest BCUT2D eigenvalue weighted by Crippen LogP contribution is -2.30. The summed E-state index contributed by atoms with van der Waals surface area (Å²) in [5, 5.41) is 20.7. The maximum atomic E-state index is 13.0. The lowest BCUT2D eigenvalue weighted by atomic mass is 10.0. The van der Waals surface area contributed by atoms with Gasteiger partial charge in [-0.15, -0.1) is 0 Å². The van der Waals surface area contributed by atoms with Gasteiger partial charge in [-0.25, -0.2) is 9.13 Å². The van der Waals surface area contributed by atoms with Gasteiger partial charge in [0, 0.05) is 19.3 Å². The first kappa shape index (κ1) is 106. The summed E-state index contributed by atoms with van der Waals surface area (Å²) in [7, 11) is -9.81. The second-order valence-corrected chi connectivity index (χ2v) is 31.8. The fraction of sp³-hybridized carbons (Fsp3) is 0.688. The molecular formula is C93H158O16P2. The molecule has 0 amide bonds. The number of phosphoric acid groups is 2. The first-order valence-corrected chi connectivity index (χ1v) is 46.8. The average Bonchev–Trinajstić information content (AvgIpc) is 0.904. The van der Waals surface area contributed by atoms with Gasteiger partial charge in [0.15, 0.2) is 6.10 Å². The molecule has 0 rings (SSSR count). The van der Waals surface area contributed by atoms with Gasteiger partial charge >= 0.3 is 33.6 Å². The minimum Gasteiger partial charge on any atom is -0.463 e. The van der Waals surface area contributed by atoms with Gasteiger partial charge < -0.3 is 34.2 Å². The largest absolute Gasteiger partial charge is 0.472 e. The van der Waals surface area contributed by atoms with Crippen LogP contribution < -0.4 is 0 Å². The Balaban J connectivity index is 4.48. The summed E-state index contributed by atoms with van der Waals surface area (Å²) in [6.45, 7) is 2.41. The van der Waals surface area contributed by atoms with E-state index in [2.05, 4.69) is 179 Å². The molecule has 0 saturated carbocycles. The summed E-state index contributed by atoms with van der Waals surface area (Å²) in [6, 6.07) is 0. The summed E-state index contributed by atoms with van der Waals surface area (Å²) in [6.07, 6.45) is 107. The quantitative estimate of drug-likeness (QED) is 0.0146. The number of phosphoric ester groups is 2. The van der Waals surface area contributed by atoms with Crippen LogP contribution in [-0.4, -0.2) is 95.9 Å². The Morgan fingerprint density at radius 3 is 0.757 bits per heavy atom. The van der Waals surface area contributed by atoms with Gasteiger partial charge in [0.25, 0.3) is 0 Å². The molecule has 0 aliphatic heterocycles. The normalized spacial score (nSPS) is 14.6. The number of ether oxygens (including phenoxy) is 3. The van der Waals surface area contributed by atoms with Crippen LogP contribution in [0.2, 0.25) is 0 Å². The Morgan fingerprint density at radius 1 is 0.261 bits per heavy atom. The third-order valence-electron chi connectivity index (χ3n) is 18.2. The van der Waals surface area contributed by atoms with E-state index in [4.69, 9.17) is 32.3 Å². The molecule has 636 valence electrons. The number of unbranched alkanes of at least 4 members (excludes halogenated alkanes) is 33. The molecule has 0 aliphatic carbocycles. The van der Waals surface area contributed by atoms with E-state index < -0.39 is 91.5 Å². The second-order valence-electron chi connectivity index (χ2n) is 28.9. The van der Waals surface area contributed by atoms with Gasteiger partial charge in [0.05, 0.1) is 26.4 Å². The van der Waals surface area contributed by atoms with Crippen LogP contribution in [-0.2, 0) is 55.8 Å². The zero-order valence-electron chi connectivity index (χ0n) is 69.8. The molecule has 111 heavy (non-hydrogen) atoms. The van der Waals surface area contributed by atoms with Crippen molar-refractivity contribution >= 4 is 33.6 Å². The number of rotatable bonds is 82. The van der Waals surface area contributed by atoms with Gasteiger partial charge in [-0.3, -0.25) is 32.5 Å². The number of carbonyl (C=O) groups is 3. The molecule has 0 radical (unpaired) electrons. The Kier molecular flexibility index (Phi) is 80.9. The predicted octanol–water partition coefficient (Wildman–Crippen LogP) is 26.5. The van der Waals surface area contributed by atoms with Crippen LogP contribution in [0.5, 0.6) is 0 Å². The van der Waals surface area contributed by atoms with Gasteiger partial charge in [0.2, 0.25) is 0 Å². The van der Waals surface area contributed by atoms with Crippen LogP contribution in [0.25, 0.3) is 0 Å². The Bertz CT molecular complexity index is 2650. The minimum absolute atomic E-state index is 0.0695. The first-order valence-electron chi connectivity index (χ1n) is 43.8. The number of aliphatic hydroxyl groups is 2. The molecule has 0 aliphatic rings. The molecule has 4 N–H and O–H groups in total. The SMILES string of the molecule is CC/C=C\C/C=C\C/C=C\C/C=C\C/C=C\CCCCCCCCCC(=O)OCC(COP(=O)(O)OCC(O)COP(=O)(O)OCC(O)COC(=O)CCCCCCCCCCCCCCCCCCCCC/C=C\C/C=C\C/C=C\C/C=C\CCCCC)OC(=O)CCCCCC/C=C\C/C=C\C/C=C\C/C=C\CC. The molecule has 0 aromatic carbocycles. The van der Waals surface area contributed by atoms with Crippen LogP contribution in [0, 0.1) is 0 Å². The Labute approximate surface area is 676 Å². The molecule has 0 bridgehead atoms. The summed E-state index contributed by atoms with van der Waals surface area (Å²) < 4.78 is 61.3. The third-order valence-corrected chi connectivity index (χ3v) is 20.1. The number of allylic oxidation sites excluding steroid dienone is 26. The molecule has 5 atom stereocenters. The molecule has 5 unspecified atom stereocenters. The molecule has 16 nitrogen and oxygen atoms in total. The zero-order valence-corrected chi connectivity index (χ0v) is 71.6. The zero-order chi connectivity index (χ0) is 80.8. The molecule has 18 heteroatoms. The fourth-order valence-corrected chi connectivity index (χ4v) is 13.2. The third kappa shape index (κ3) is 85.9. The van der Waals surface area contributed by atoms with E-state index >= 15 is 0 Å². The number of esters is 3. The van der Waals surface area contributed by atoms with Crippen molar-refractivity contribution in [2.45, 2.75) is 373 Å². The van der Waals surface area contributed by atoms with Crippen molar-refractivity contribution in [2.24, 2.45) is 0 Å². The van der Waals surface area contributed by atoms with Crippen molar-refractivity contribution in [3.63, 3.8) is 0 Å². The van der Waals surface area contributed by atoms with Crippen molar-refractivity contribution < 1.29 is 75.8 Å². The summed E-state index contributed by atoms with van der Waals surface area (Å²) >= 11 is 0. The van der Waals surface area contributed by atoms with E-state index in [9.17, 15) is 43.5 Å². The smallest absolute Gasteiger partial charge is 0.463 e. The highest BCUT2D eigenvalue weighted by molar-refractivity contribution is 7.47. The van der Waals surface area contributed by atoms with Crippen LogP contribution >= 0.6 is 15.6 Å². The monoisotopic (exact) mass is 1590 g/mol. The van der Waals surface area contributed by atoms with Gasteiger partial charge in [0.1, 0.15) is 25.4 Å². The molecule has 0 fully saturated rings. The molecule has 0 aromatic heterocycles. The van der Waals surface area contributed by atoms with Crippen molar-refractivity contribution in [1.82, 2.24) is 0 Å². The van der Waals surface area contributed by atoms with E-state index in [1.54, 1.807) is 0 Å². The number of hydrogen-bond acceptors (Lipinski definition) is 14. The first-order chi connectivity index (χ1) is 54.2. The van der Waals surface area contributed by atoms with Crippen molar-refractivity contribution in [3.8, 4) is 0 Å². The summed E-state index contributed by atoms with van der Waals surface area (Å²) in [5.74, 6) is -1.61. The second kappa shape index (κ2) is 84.6. The van der Waals surface area contributed by atoms with E-state index in [1.165, 1.54) is 128 Å². The Hall–Kier alpha value is -4.83. The number of carbonyl (C=O) groups excluding carboxylic acids is 3. The lowest BCUT2D eigenvalue weighted by Gasteiger charge is -2.21. The molecule has 0 heterocycles. The standard InChI is InChI=1S/C93H158O16P2/c1-4-7-10-13-16-19-22-25-28-31-33-35-37-38-39-40-41-42-43-44-45-46-47-48-50-52-53-56-58-61-64-67-70-73-76-79-91(96)103-82-88(94)83-105-110(99,100)106-84-89(95)85-107-111(101,102)108-87-90(109-93(98)81-78-75-72-69-66-63-60-55-30-27-24-21-18-15-12-9-6-3)86-104-92(97)80-77-74-71-68-65-62-59-57-54-51-49-36-34-32-29-26-23-20-17-14-11-8-5-2/h8-9,11-12,16-21,25-30,33-36,38-39,51,54,60,63,88-90,94-95H,4-7,10,13-15,22-24,31-32,37,40-50,52-53,55-59,61-62,64-87H2,1-3H3,(H,99,100)(H,101,102)/b11-8-,12-9-,19-16-,20-17-,21-18-,28-25-,29-26-,30-27-,35-33-,36-34-,39-38-,54-51-,63-60-. The van der Waals surface area contributed by atoms with Crippen molar-refractivity contribution in [2.75, 3.05) is 39.6 Å². The molecular weight excluding hydrogens is 1430 g/mol. The molecule has 0 aromatic rings. The summed E-state index contributed by atoms with van der Waals surface area (Å²) in [4.78, 5) is 58.8. The topological polar surface area (TPSA) is 231 Å². The lowest BCUT2D eigenvalue weighted by molar-refractivity contribution is -0.161. The number of aliphatic hydroxyl groups excluding tert-OH is 2. The van der Waals surface area contributed by atoms with Crippen LogP contribution in [0.15, 0.2) is 158 Å². The maximum absolute atomic E-state index is 13.0. The van der Waals surface area contributed by atoms with Gasteiger partial charge in [-0.2, -0.15) is 0 Å². The van der Waals surface area contributed by atoms with E-state index in [-0.39, 0.29) is 19.3 Å². The minimum atomic E-state index is -4.95. The highest BCUT2D eigenvalue weighted by Crippen LogP contribution is 2.45. The van der Waals surface area contributed by atoms with Crippen LogP contribution in [0.1, 0.15) is 355 Å². The summed E-state index contributed by atoms with van der Waals surface area (Å²) in [5.41, 5.74) is 0. The highest BCUT2D eigenvalue weighted by Gasteiger charge is 2.29. The van der Waals surface area contributed by atoms with Crippen LogP contribution in [0.4, 0.5) is 0 Å². The molecule has 0 saturated heterocycles.